The third-order valence-corrected chi connectivity index (χ3v) is 4.62. The highest BCUT2D eigenvalue weighted by Crippen LogP contribution is 2.18. The maximum absolute atomic E-state index is 13.5. The Labute approximate surface area is 142 Å². The number of hydrogen-bond donors (Lipinski definition) is 1. The van der Waals surface area contributed by atoms with Crippen LogP contribution < -0.4 is 5.32 Å². The standard InChI is InChI=1S/C15H18FN5O2S/c16-13-6-2-1-4-11(13)8-17-14(22)10-24-15-18-19-20-21(15)9-12-5-3-7-23-12/h1-2,4,6,12H,3,5,7-10H2,(H,17,22)/t12-/m0/s1. The largest absolute Gasteiger partial charge is 0.376 e. The van der Waals surface area contributed by atoms with Gasteiger partial charge in [0.1, 0.15) is 5.82 Å². The first-order valence-electron chi connectivity index (χ1n) is 7.73. The summed E-state index contributed by atoms with van der Waals surface area (Å²) in [5, 5.41) is 14.8. The molecule has 1 aromatic carbocycles. The van der Waals surface area contributed by atoms with E-state index in [1.165, 1.54) is 17.8 Å². The molecule has 2 aromatic rings. The number of hydrogen-bond acceptors (Lipinski definition) is 6. The second kappa shape index (κ2) is 8.20. The Morgan fingerprint density at radius 2 is 2.33 bits per heavy atom. The van der Waals surface area contributed by atoms with Crippen LogP contribution in [0.15, 0.2) is 29.4 Å². The third kappa shape index (κ3) is 4.51. The Kier molecular flexibility index (Phi) is 5.76. The van der Waals surface area contributed by atoms with Crippen molar-refractivity contribution < 1.29 is 13.9 Å². The van der Waals surface area contributed by atoms with Crippen LogP contribution in [0.2, 0.25) is 0 Å². The minimum Gasteiger partial charge on any atom is -0.376 e. The number of benzene rings is 1. The molecule has 1 aliphatic heterocycles. The average Bonchev–Trinajstić information content (AvgIpc) is 3.24. The van der Waals surface area contributed by atoms with Gasteiger partial charge in [-0.15, -0.1) is 5.10 Å². The first-order valence-corrected chi connectivity index (χ1v) is 8.71. The molecular formula is C15H18FN5O2S. The molecule has 7 nitrogen and oxygen atoms in total. The van der Waals surface area contributed by atoms with Crippen molar-refractivity contribution >= 4 is 17.7 Å². The van der Waals surface area contributed by atoms with Gasteiger partial charge in [-0.2, -0.15) is 0 Å². The van der Waals surface area contributed by atoms with Crippen LogP contribution in [0.5, 0.6) is 0 Å². The summed E-state index contributed by atoms with van der Waals surface area (Å²) < 4.78 is 20.7. The second-order valence-electron chi connectivity index (χ2n) is 5.44. The van der Waals surface area contributed by atoms with Crippen LogP contribution in [0.3, 0.4) is 0 Å². The zero-order chi connectivity index (χ0) is 16.8. The fraction of sp³-hybridized carbons (Fsp3) is 0.467. The Hall–Kier alpha value is -2.00. The lowest BCUT2D eigenvalue weighted by molar-refractivity contribution is -0.118. The lowest BCUT2D eigenvalue weighted by Gasteiger charge is -2.10. The van der Waals surface area contributed by atoms with Gasteiger partial charge in [-0.05, 0) is 29.3 Å². The van der Waals surface area contributed by atoms with E-state index in [0.717, 1.165) is 19.4 Å². The van der Waals surface area contributed by atoms with Gasteiger partial charge in [0, 0.05) is 18.7 Å². The van der Waals surface area contributed by atoms with Gasteiger partial charge < -0.3 is 10.1 Å². The smallest absolute Gasteiger partial charge is 0.230 e. The van der Waals surface area contributed by atoms with Gasteiger partial charge in [0.15, 0.2) is 0 Å². The Bertz CT molecular complexity index is 690. The summed E-state index contributed by atoms with van der Waals surface area (Å²) in [5.74, 6) is -0.360. The minimum absolute atomic E-state index is 0.128. The number of carbonyl (C=O) groups is 1. The number of tetrazole rings is 1. The molecule has 9 heteroatoms. The van der Waals surface area contributed by atoms with Crippen molar-refractivity contribution in [3.05, 3.63) is 35.6 Å². The van der Waals surface area contributed by atoms with Gasteiger partial charge in [0.25, 0.3) is 0 Å². The lowest BCUT2D eigenvalue weighted by atomic mass is 10.2. The van der Waals surface area contributed by atoms with E-state index < -0.39 is 0 Å². The molecule has 1 fully saturated rings. The summed E-state index contributed by atoms with van der Waals surface area (Å²) in [6.07, 6.45) is 2.17. The summed E-state index contributed by atoms with van der Waals surface area (Å²) in [5.41, 5.74) is 0.457. The summed E-state index contributed by atoms with van der Waals surface area (Å²) in [4.78, 5) is 11.9. The topological polar surface area (TPSA) is 81.9 Å². The van der Waals surface area contributed by atoms with Gasteiger partial charge in [-0.25, -0.2) is 9.07 Å². The highest BCUT2D eigenvalue weighted by atomic mass is 32.2. The van der Waals surface area contributed by atoms with E-state index in [2.05, 4.69) is 20.8 Å². The molecule has 1 aliphatic rings. The van der Waals surface area contributed by atoms with Crippen molar-refractivity contribution in [3.8, 4) is 0 Å². The number of thioether (sulfide) groups is 1. The summed E-state index contributed by atoms with van der Waals surface area (Å²) >= 11 is 1.25. The molecule has 0 spiro atoms. The fourth-order valence-electron chi connectivity index (χ4n) is 2.41. The predicted octanol–water partition coefficient (Wildman–Crippen LogP) is 1.40. The molecule has 1 amide bonds. The van der Waals surface area contributed by atoms with E-state index in [4.69, 9.17) is 4.74 Å². The summed E-state index contributed by atoms with van der Waals surface area (Å²) in [6.45, 7) is 1.52. The second-order valence-corrected chi connectivity index (χ2v) is 6.38. The van der Waals surface area contributed by atoms with Crippen LogP contribution in [0.1, 0.15) is 18.4 Å². The highest BCUT2D eigenvalue weighted by molar-refractivity contribution is 7.99. The van der Waals surface area contributed by atoms with E-state index in [1.54, 1.807) is 22.9 Å². The monoisotopic (exact) mass is 351 g/mol. The summed E-state index contributed by atoms with van der Waals surface area (Å²) in [6, 6.07) is 6.36. The zero-order valence-corrected chi connectivity index (χ0v) is 13.8. The van der Waals surface area contributed by atoms with E-state index >= 15 is 0 Å². The van der Waals surface area contributed by atoms with Gasteiger partial charge in [0.05, 0.1) is 18.4 Å². The molecule has 1 aromatic heterocycles. The van der Waals surface area contributed by atoms with E-state index in [1.807, 2.05) is 0 Å². The van der Waals surface area contributed by atoms with Crippen LogP contribution in [0.25, 0.3) is 0 Å². The van der Waals surface area contributed by atoms with Crippen molar-refractivity contribution in [2.75, 3.05) is 12.4 Å². The van der Waals surface area contributed by atoms with Gasteiger partial charge >= 0.3 is 0 Å². The minimum atomic E-state index is -0.328. The van der Waals surface area contributed by atoms with Crippen LogP contribution >= 0.6 is 11.8 Å². The molecule has 0 bridgehead atoms. The van der Waals surface area contributed by atoms with Gasteiger partial charge in [-0.1, -0.05) is 30.0 Å². The number of rotatable bonds is 7. The quantitative estimate of drug-likeness (QED) is 0.760. The van der Waals surface area contributed by atoms with E-state index in [0.29, 0.717) is 17.3 Å². The number of ether oxygens (including phenoxy) is 1. The van der Waals surface area contributed by atoms with Crippen LogP contribution in [0.4, 0.5) is 4.39 Å². The van der Waals surface area contributed by atoms with Gasteiger partial charge in [0.2, 0.25) is 11.1 Å². The SMILES string of the molecule is O=C(CSc1nnnn1C[C@@H]1CCCO1)NCc1ccccc1F. The van der Waals surface area contributed by atoms with Crippen molar-refractivity contribution in [2.45, 2.75) is 37.2 Å². The third-order valence-electron chi connectivity index (χ3n) is 3.67. The maximum Gasteiger partial charge on any atom is 0.230 e. The van der Waals surface area contributed by atoms with E-state index in [9.17, 15) is 9.18 Å². The van der Waals surface area contributed by atoms with Crippen molar-refractivity contribution in [3.63, 3.8) is 0 Å². The lowest BCUT2D eigenvalue weighted by Crippen LogP contribution is -2.25. The number of aromatic nitrogens is 4. The van der Waals surface area contributed by atoms with Gasteiger partial charge in [-0.3, -0.25) is 4.79 Å². The predicted molar refractivity (Wildman–Crippen MR) is 85.8 cm³/mol. The van der Waals surface area contributed by atoms with Crippen molar-refractivity contribution in [2.24, 2.45) is 0 Å². The molecule has 1 N–H and O–H groups in total. The molecule has 24 heavy (non-hydrogen) atoms. The Morgan fingerprint density at radius 3 is 3.12 bits per heavy atom. The number of amides is 1. The molecule has 0 radical (unpaired) electrons. The molecule has 128 valence electrons. The highest BCUT2D eigenvalue weighted by Gasteiger charge is 2.19. The average molecular weight is 351 g/mol. The number of carbonyl (C=O) groups excluding carboxylic acids is 1. The van der Waals surface area contributed by atoms with Crippen molar-refractivity contribution in [1.29, 1.82) is 0 Å². The van der Waals surface area contributed by atoms with Crippen LogP contribution in [-0.4, -0.2) is 44.6 Å². The normalized spacial score (nSPS) is 17.1. The number of halogens is 1. The van der Waals surface area contributed by atoms with Crippen molar-refractivity contribution in [1.82, 2.24) is 25.5 Å². The summed E-state index contributed by atoms with van der Waals surface area (Å²) in [7, 11) is 0. The first kappa shape index (κ1) is 16.8. The number of nitrogens with one attached hydrogen (secondary N) is 1. The molecule has 2 heterocycles. The molecule has 1 saturated heterocycles. The first-order chi connectivity index (χ1) is 11.7. The maximum atomic E-state index is 13.5. The molecule has 3 rings (SSSR count). The fourth-order valence-corrected chi connectivity index (χ4v) is 3.13. The molecule has 1 atom stereocenters. The van der Waals surface area contributed by atoms with Crippen LogP contribution in [-0.2, 0) is 22.6 Å². The zero-order valence-electron chi connectivity index (χ0n) is 13.0. The molecule has 0 saturated carbocycles. The molecule has 0 aliphatic carbocycles. The molecular weight excluding hydrogens is 333 g/mol. The van der Waals surface area contributed by atoms with E-state index in [-0.39, 0.29) is 30.1 Å². The van der Waals surface area contributed by atoms with Crippen LogP contribution in [0, 0.1) is 5.82 Å². The Morgan fingerprint density at radius 1 is 1.46 bits per heavy atom. The number of nitrogens with zero attached hydrogens (tertiary/aromatic N) is 4. The Balaban J connectivity index is 1.46. The molecule has 0 unspecified atom stereocenters.